The second-order valence-corrected chi connectivity index (χ2v) is 6.05. The molecule has 0 saturated carbocycles. The van der Waals surface area contributed by atoms with Crippen molar-refractivity contribution in [3.05, 3.63) is 59.9 Å². The van der Waals surface area contributed by atoms with Crippen LogP contribution in [0.4, 0.5) is 10.1 Å². The van der Waals surface area contributed by atoms with E-state index in [9.17, 15) is 9.18 Å². The van der Waals surface area contributed by atoms with Gasteiger partial charge in [0.05, 0.1) is 6.54 Å². The molecule has 0 aliphatic heterocycles. The zero-order chi connectivity index (χ0) is 19.6. The van der Waals surface area contributed by atoms with E-state index >= 15 is 0 Å². The highest BCUT2D eigenvalue weighted by molar-refractivity contribution is 5.88. The molecule has 144 valence electrons. The van der Waals surface area contributed by atoms with Crippen LogP contribution in [0.3, 0.4) is 0 Å². The van der Waals surface area contributed by atoms with E-state index in [2.05, 4.69) is 20.9 Å². The van der Waals surface area contributed by atoms with Crippen molar-refractivity contribution >= 4 is 17.6 Å². The highest BCUT2D eigenvalue weighted by Crippen LogP contribution is 2.16. The third kappa shape index (κ3) is 6.97. The number of benzene rings is 2. The Kier molecular flexibility index (Phi) is 7.61. The molecule has 0 saturated heterocycles. The number of rotatable bonds is 7. The number of nitrogens with zero attached hydrogens (tertiary/aromatic N) is 1. The molecule has 2 aromatic rings. The lowest BCUT2D eigenvalue weighted by molar-refractivity contribution is -0.114. The zero-order valence-corrected chi connectivity index (χ0v) is 15.8. The number of carbonyl (C=O) groups is 1. The van der Waals surface area contributed by atoms with Crippen LogP contribution in [0.5, 0.6) is 5.75 Å². The Morgan fingerprint density at radius 1 is 1.19 bits per heavy atom. The number of amides is 1. The smallest absolute Gasteiger partial charge is 0.221 e. The largest absolute Gasteiger partial charge is 0.486 e. The van der Waals surface area contributed by atoms with E-state index in [4.69, 9.17) is 4.74 Å². The van der Waals surface area contributed by atoms with Crippen molar-refractivity contribution in [1.82, 2.24) is 10.6 Å². The van der Waals surface area contributed by atoms with Crippen LogP contribution in [0.15, 0.2) is 53.5 Å². The fraction of sp³-hybridized carbons (Fsp3) is 0.300. The Morgan fingerprint density at radius 2 is 1.96 bits per heavy atom. The molecule has 2 rings (SSSR count). The number of anilines is 1. The van der Waals surface area contributed by atoms with Gasteiger partial charge in [-0.1, -0.05) is 24.3 Å². The molecule has 0 radical (unpaired) electrons. The minimum absolute atomic E-state index is 0.110. The third-order valence-corrected chi connectivity index (χ3v) is 3.65. The topological polar surface area (TPSA) is 74.8 Å². The molecular weight excluding hydrogens is 347 g/mol. The molecule has 0 fully saturated rings. The molecule has 0 aromatic heterocycles. The fourth-order valence-corrected chi connectivity index (χ4v) is 2.41. The van der Waals surface area contributed by atoms with Crippen molar-refractivity contribution < 1.29 is 13.9 Å². The van der Waals surface area contributed by atoms with Crippen LogP contribution in [0, 0.1) is 5.82 Å². The number of para-hydroxylation sites is 1. The fourth-order valence-electron chi connectivity index (χ4n) is 2.41. The van der Waals surface area contributed by atoms with E-state index in [1.807, 2.05) is 31.2 Å². The molecule has 2 aromatic carbocycles. The lowest BCUT2D eigenvalue weighted by atomic mass is 10.2. The van der Waals surface area contributed by atoms with E-state index in [1.54, 1.807) is 25.2 Å². The quantitative estimate of drug-likeness (QED) is 0.516. The van der Waals surface area contributed by atoms with Gasteiger partial charge >= 0.3 is 0 Å². The molecular formula is C20H25FN4O2. The first kappa shape index (κ1) is 20.2. The third-order valence-electron chi connectivity index (χ3n) is 3.65. The number of hydrogen-bond acceptors (Lipinski definition) is 3. The van der Waals surface area contributed by atoms with Gasteiger partial charge in [-0.15, -0.1) is 0 Å². The van der Waals surface area contributed by atoms with Crippen LogP contribution >= 0.6 is 0 Å². The number of hydrogen-bond donors (Lipinski definition) is 3. The summed E-state index contributed by atoms with van der Waals surface area (Å²) in [4.78, 5) is 15.3. The van der Waals surface area contributed by atoms with Gasteiger partial charge in [-0.05, 0) is 36.8 Å². The minimum Gasteiger partial charge on any atom is -0.486 e. The maximum absolute atomic E-state index is 13.6. The summed E-state index contributed by atoms with van der Waals surface area (Å²) in [6, 6.07) is 13.9. The van der Waals surface area contributed by atoms with Gasteiger partial charge in [0, 0.05) is 26.2 Å². The monoisotopic (exact) mass is 372 g/mol. The van der Waals surface area contributed by atoms with Crippen LogP contribution in [-0.4, -0.2) is 31.6 Å². The van der Waals surface area contributed by atoms with Crippen LogP contribution in [0.1, 0.15) is 19.4 Å². The molecule has 6 nitrogen and oxygen atoms in total. The first-order valence-electron chi connectivity index (χ1n) is 8.70. The molecule has 1 unspecified atom stereocenters. The van der Waals surface area contributed by atoms with Gasteiger partial charge in [-0.25, -0.2) is 4.39 Å². The van der Waals surface area contributed by atoms with Crippen LogP contribution in [0.25, 0.3) is 0 Å². The van der Waals surface area contributed by atoms with Crippen molar-refractivity contribution in [2.45, 2.75) is 26.5 Å². The van der Waals surface area contributed by atoms with Crippen LogP contribution < -0.4 is 20.7 Å². The summed E-state index contributed by atoms with van der Waals surface area (Å²) in [6.07, 6.45) is -0.247. The molecule has 0 spiro atoms. The van der Waals surface area contributed by atoms with Gasteiger partial charge in [0.15, 0.2) is 17.5 Å². The maximum Gasteiger partial charge on any atom is 0.221 e. The Hall–Kier alpha value is -3.09. The molecule has 0 bridgehead atoms. The molecule has 1 atom stereocenters. The number of nitrogens with one attached hydrogen (secondary N) is 3. The van der Waals surface area contributed by atoms with Gasteiger partial charge in [0.2, 0.25) is 5.91 Å². The standard InChI is InChI=1S/C20H25FN4O2/c1-14(27-19-10-5-4-9-18(19)21)12-23-20(22-3)24-13-16-7-6-8-17(11-16)25-15(2)26/h4-11,14H,12-13H2,1-3H3,(H,25,26)(H2,22,23,24). The van der Waals surface area contributed by atoms with E-state index in [0.717, 1.165) is 11.3 Å². The van der Waals surface area contributed by atoms with Crippen molar-refractivity contribution in [1.29, 1.82) is 0 Å². The Bertz CT molecular complexity index is 795. The highest BCUT2D eigenvalue weighted by Gasteiger charge is 2.09. The number of ether oxygens (including phenoxy) is 1. The molecule has 0 aliphatic rings. The number of halogens is 1. The molecule has 27 heavy (non-hydrogen) atoms. The first-order valence-corrected chi connectivity index (χ1v) is 8.70. The second-order valence-electron chi connectivity index (χ2n) is 6.05. The predicted molar refractivity (Wildman–Crippen MR) is 105 cm³/mol. The van der Waals surface area contributed by atoms with Crippen molar-refractivity contribution in [3.8, 4) is 5.75 Å². The second kappa shape index (κ2) is 10.2. The summed E-state index contributed by atoms with van der Waals surface area (Å²) in [7, 11) is 1.67. The van der Waals surface area contributed by atoms with Crippen LogP contribution in [0.2, 0.25) is 0 Å². The van der Waals surface area contributed by atoms with Crippen molar-refractivity contribution in [2.24, 2.45) is 4.99 Å². The van der Waals surface area contributed by atoms with Gasteiger partial charge in [0.25, 0.3) is 0 Å². The molecule has 0 aliphatic carbocycles. The summed E-state index contributed by atoms with van der Waals surface area (Å²) in [5.74, 6) is 0.334. The Balaban J connectivity index is 1.82. The lowest BCUT2D eigenvalue weighted by Crippen LogP contribution is -2.41. The number of carbonyl (C=O) groups excluding carboxylic acids is 1. The Labute approximate surface area is 158 Å². The summed E-state index contributed by atoms with van der Waals surface area (Å²) < 4.78 is 19.2. The molecule has 7 heteroatoms. The normalized spacial score (nSPS) is 12.2. The average molecular weight is 372 g/mol. The molecule has 1 amide bonds. The van der Waals surface area contributed by atoms with E-state index in [0.29, 0.717) is 19.0 Å². The van der Waals surface area contributed by atoms with E-state index < -0.39 is 0 Å². The van der Waals surface area contributed by atoms with E-state index in [-0.39, 0.29) is 23.6 Å². The number of guanidine groups is 1. The van der Waals surface area contributed by atoms with Gasteiger partial charge in [0.1, 0.15) is 6.10 Å². The summed E-state index contributed by atoms with van der Waals surface area (Å²) >= 11 is 0. The minimum atomic E-state index is -0.383. The average Bonchev–Trinajstić information content (AvgIpc) is 2.63. The maximum atomic E-state index is 13.6. The van der Waals surface area contributed by atoms with Gasteiger partial charge < -0.3 is 20.7 Å². The predicted octanol–water partition coefficient (Wildman–Crippen LogP) is 2.92. The van der Waals surface area contributed by atoms with Crippen LogP contribution in [-0.2, 0) is 11.3 Å². The Morgan fingerprint density at radius 3 is 2.67 bits per heavy atom. The zero-order valence-electron chi connectivity index (χ0n) is 15.8. The number of aliphatic imine (C=N–C) groups is 1. The summed E-state index contributed by atoms with van der Waals surface area (Å²) in [6.45, 7) is 4.32. The van der Waals surface area contributed by atoms with Gasteiger partial charge in [-0.2, -0.15) is 0 Å². The lowest BCUT2D eigenvalue weighted by Gasteiger charge is -2.18. The summed E-state index contributed by atoms with van der Waals surface area (Å²) in [5.41, 5.74) is 1.75. The molecule has 3 N–H and O–H groups in total. The van der Waals surface area contributed by atoms with Crippen molar-refractivity contribution in [2.75, 3.05) is 18.9 Å². The molecule has 0 heterocycles. The van der Waals surface area contributed by atoms with Gasteiger partial charge in [-0.3, -0.25) is 9.79 Å². The van der Waals surface area contributed by atoms with Crippen molar-refractivity contribution in [3.63, 3.8) is 0 Å². The van der Waals surface area contributed by atoms with E-state index in [1.165, 1.54) is 13.0 Å². The summed E-state index contributed by atoms with van der Waals surface area (Å²) in [5, 5.41) is 9.10. The SMILES string of the molecule is CN=C(NCc1cccc(NC(C)=O)c1)NCC(C)Oc1ccccc1F. The highest BCUT2D eigenvalue weighted by atomic mass is 19.1. The first-order chi connectivity index (χ1) is 13.0.